The third-order valence-electron chi connectivity index (χ3n) is 3.97. The number of benzene rings is 2. The molecule has 156 valence electrons. The lowest BCUT2D eigenvalue weighted by Crippen LogP contribution is -2.42. The third kappa shape index (κ3) is 7.00. The molecule has 2 rings (SSSR count). The van der Waals surface area contributed by atoms with Gasteiger partial charge in [0.15, 0.2) is 0 Å². The largest absolute Gasteiger partial charge is 0.491 e. The van der Waals surface area contributed by atoms with Crippen molar-refractivity contribution in [3.63, 3.8) is 0 Å². The number of nitro groups is 1. The van der Waals surface area contributed by atoms with Crippen LogP contribution in [0, 0.1) is 10.1 Å². The van der Waals surface area contributed by atoms with Gasteiger partial charge in [0.1, 0.15) is 18.5 Å². The zero-order valence-corrected chi connectivity index (χ0v) is 15.6. The Morgan fingerprint density at radius 2 is 1.97 bits per heavy atom. The van der Waals surface area contributed by atoms with Crippen LogP contribution in [0.4, 0.5) is 19.3 Å². The van der Waals surface area contributed by atoms with Gasteiger partial charge in [-0.2, -0.15) is 0 Å². The number of hydrogen-bond acceptors (Lipinski definition) is 5. The number of ether oxygens (including phenoxy) is 1. The molecule has 2 aromatic carbocycles. The van der Waals surface area contributed by atoms with Crippen molar-refractivity contribution >= 4 is 11.7 Å². The molecule has 0 saturated carbocycles. The first-order valence-electron chi connectivity index (χ1n) is 8.67. The van der Waals surface area contributed by atoms with Gasteiger partial charge < -0.3 is 20.1 Å². The van der Waals surface area contributed by atoms with E-state index in [-0.39, 0.29) is 30.9 Å². The van der Waals surface area contributed by atoms with Gasteiger partial charge in [0.2, 0.25) is 0 Å². The van der Waals surface area contributed by atoms with Crippen LogP contribution in [0.25, 0.3) is 0 Å². The minimum Gasteiger partial charge on any atom is -0.491 e. The van der Waals surface area contributed by atoms with Gasteiger partial charge >= 0.3 is 6.03 Å². The van der Waals surface area contributed by atoms with Crippen LogP contribution in [-0.4, -0.2) is 47.3 Å². The van der Waals surface area contributed by atoms with E-state index in [0.29, 0.717) is 11.3 Å². The average Bonchev–Trinajstić information content (AvgIpc) is 2.70. The van der Waals surface area contributed by atoms with Crippen LogP contribution in [0.5, 0.6) is 5.75 Å². The Hall–Kier alpha value is -3.27. The maximum atomic E-state index is 12.7. The first-order valence-corrected chi connectivity index (χ1v) is 8.67. The molecule has 0 saturated heterocycles. The zero-order chi connectivity index (χ0) is 21.4. The first kappa shape index (κ1) is 22.0. The number of halogens is 2. The molecule has 0 aliphatic rings. The average molecular weight is 409 g/mol. The van der Waals surface area contributed by atoms with Crippen molar-refractivity contribution in [1.29, 1.82) is 0 Å². The van der Waals surface area contributed by atoms with Gasteiger partial charge in [-0.3, -0.25) is 10.1 Å². The molecule has 1 atom stereocenters. The van der Waals surface area contributed by atoms with E-state index in [9.17, 15) is 28.8 Å². The van der Waals surface area contributed by atoms with Crippen molar-refractivity contribution in [2.45, 2.75) is 19.1 Å². The summed E-state index contributed by atoms with van der Waals surface area (Å²) in [5.74, 6) is 0.348. The molecule has 8 nitrogen and oxygen atoms in total. The monoisotopic (exact) mass is 409 g/mol. The Labute approximate surface area is 165 Å². The van der Waals surface area contributed by atoms with E-state index in [0.717, 1.165) is 0 Å². The second-order valence-corrected chi connectivity index (χ2v) is 6.30. The van der Waals surface area contributed by atoms with Crippen LogP contribution >= 0.6 is 0 Å². The molecular formula is C19H21F2N3O5. The van der Waals surface area contributed by atoms with Gasteiger partial charge in [0, 0.05) is 31.3 Å². The molecular weight excluding hydrogens is 388 g/mol. The second kappa shape index (κ2) is 10.3. The smallest absolute Gasteiger partial charge is 0.317 e. The van der Waals surface area contributed by atoms with Crippen LogP contribution < -0.4 is 10.1 Å². The number of nitrogens with one attached hydrogen (secondary N) is 1. The van der Waals surface area contributed by atoms with Crippen molar-refractivity contribution in [2.75, 3.05) is 20.2 Å². The van der Waals surface area contributed by atoms with E-state index in [1.807, 2.05) is 0 Å². The summed E-state index contributed by atoms with van der Waals surface area (Å²) in [4.78, 5) is 23.4. The highest BCUT2D eigenvalue weighted by Gasteiger charge is 2.15. The van der Waals surface area contributed by atoms with E-state index in [2.05, 4.69) is 5.32 Å². The lowest BCUT2D eigenvalue weighted by atomic mass is 10.1. The van der Waals surface area contributed by atoms with Gasteiger partial charge in [-0.1, -0.05) is 18.2 Å². The van der Waals surface area contributed by atoms with Crippen LogP contribution in [0.15, 0.2) is 48.5 Å². The maximum Gasteiger partial charge on any atom is 0.317 e. The number of urea groups is 1. The van der Waals surface area contributed by atoms with Crippen molar-refractivity contribution in [3.05, 3.63) is 69.8 Å². The molecule has 2 N–H and O–H groups in total. The number of nitro benzene ring substituents is 1. The Bertz CT molecular complexity index is 833. The minimum atomic E-state index is -2.58. The van der Waals surface area contributed by atoms with Crippen LogP contribution in [0.2, 0.25) is 0 Å². The van der Waals surface area contributed by atoms with Gasteiger partial charge in [0.25, 0.3) is 12.1 Å². The van der Waals surface area contributed by atoms with Crippen molar-refractivity contribution < 1.29 is 28.3 Å². The number of amides is 2. The third-order valence-corrected chi connectivity index (χ3v) is 3.97. The molecule has 0 aromatic heterocycles. The molecule has 2 amide bonds. The highest BCUT2D eigenvalue weighted by molar-refractivity contribution is 5.73. The summed E-state index contributed by atoms with van der Waals surface area (Å²) in [6, 6.07) is 10.6. The summed E-state index contributed by atoms with van der Waals surface area (Å²) in [6.45, 7) is -0.0825. The molecule has 1 unspecified atom stereocenters. The van der Waals surface area contributed by atoms with Crippen LogP contribution in [0.1, 0.15) is 17.6 Å². The molecule has 0 heterocycles. The Morgan fingerprint density at radius 3 is 2.59 bits per heavy atom. The number of rotatable bonds is 9. The number of nitrogens with zero attached hydrogens (tertiary/aromatic N) is 2. The number of non-ortho nitro benzene ring substituents is 1. The lowest BCUT2D eigenvalue weighted by Gasteiger charge is -2.21. The van der Waals surface area contributed by atoms with E-state index in [1.165, 1.54) is 54.4 Å². The van der Waals surface area contributed by atoms with Gasteiger partial charge in [0.05, 0.1) is 11.5 Å². The van der Waals surface area contributed by atoms with E-state index in [4.69, 9.17) is 4.74 Å². The standard InChI is InChI=1S/C19H21F2N3O5/c1-23(19(26)22-10-13-3-2-4-14(9-13)18(20)21)11-16(25)12-29-17-7-5-15(6-8-17)24(27)28/h2-9,16,18,25H,10-12H2,1H3,(H,22,26). The van der Waals surface area contributed by atoms with Gasteiger partial charge in [-0.25, -0.2) is 13.6 Å². The normalized spacial score (nSPS) is 11.8. The van der Waals surface area contributed by atoms with Gasteiger partial charge in [-0.15, -0.1) is 0 Å². The molecule has 2 aromatic rings. The quantitative estimate of drug-likeness (QED) is 0.489. The van der Waals surface area contributed by atoms with Crippen molar-refractivity contribution in [2.24, 2.45) is 0 Å². The molecule has 0 spiro atoms. The number of hydrogen-bond donors (Lipinski definition) is 2. The Morgan fingerprint density at radius 1 is 1.28 bits per heavy atom. The number of aliphatic hydroxyl groups excluding tert-OH is 1. The molecule has 0 aliphatic carbocycles. The zero-order valence-electron chi connectivity index (χ0n) is 15.6. The first-order chi connectivity index (χ1) is 13.8. The predicted molar refractivity (Wildman–Crippen MR) is 101 cm³/mol. The predicted octanol–water partition coefficient (Wildman–Crippen LogP) is 3.11. The molecule has 10 heteroatoms. The minimum absolute atomic E-state index is 0.0319. The molecule has 29 heavy (non-hydrogen) atoms. The van der Waals surface area contributed by atoms with Crippen molar-refractivity contribution in [1.82, 2.24) is 10.2 Å². The summed E-state index contributed by atoms with van der Waals surface area (Å²) < 4.78 is 30.8. The highest BCUT2D eigenvalue weighted by atomic mass is 19.3. The summed E-state index contributed by atoms with van der Waals surface area (Å²) in [6.07, 6.45) is -3.58. The van der Waals surface area contributed by atoms with E-state index >= 15 is 0 Å². The van der Waals surface area contributed by atoms with Crippen LogP contribution in [-0.2, 0) is 6.54 Å². The fourth-order valence-electron chi connectivity index (χ4n) is 2.46. The summed E-state index contributed by atoms with van der Waals surface area (Å²) in [5.41, 5.74) is 0.337. The van der Waals surface area contributed by atoms with E-state index < -0.39 is 23.5 Å². The van der Waals surface area contributed by atoms with E-state index in [1.54, 1.807) is 6.07 Å². The molecule has 0 radical (unpaired) electrons. The lowest BCUT2D eigenvalue weighted by molar-refractivity contribution is -0.384. The summed E-state index contributed by atoms with van der Waals surface area (Å²) in [7, 11) is 1.47. The van der Waals surface area contributed by atoms with Crippen molar-refractivity contribution in [3.8, 4) is 5.75 Å². The maximum absolute atomic E-state index is 12.7. The summed E-state index contributed by atoms with van der Waals surface area (Å²) in [5, 5.41) is 23.2. The second-order valence-electron chi connectivity index (χ2n) is 6.30. The van der Waals surface area contributed by atoms with Crippen LogP contribution in [0.3, 0.4) is 0 Å². The molecule has 0 bridgehead atoms. The number of carbonyl (C=O) groups is 1. The number of aliphatic hydroxyl groups is 1. The summed E-state index contributed by atoms with van der Waals surface area (Å²) >= 11 is 0. The Balaban J connectivity index is 1.76. The molecule has 0 fully saturated rings. The van der Waals surface area contributed by atoms with Gasteiger partial charge in [-0.05, 0) is 23.8 Å². The highest BCUT2D eigenvalue weighted by Crippen LogP contribution is 2.19. The molecule has 0 aliphatic heterocycles. The topological polar surface area (TPSA) is 105 Å². The fourth-order valence-corrected chi connectivity index (χ4v) is 2.46. The number of likely N-dealkylation sites (N-methyl/N-ethyl adjacent to an activating group) is 1. The Kier molecular flexibility index (Phi) is 7.84. The fraction of sp³-hybridized carbons (Fsp3) is 0.316. The number of carbonyl (C=O) groups excluding carboxylic acids is 1. The number of alkyl halides is 2. The SMILES string of the molecule is CN(CC(O)COc1ccc([N+](=O)[O-])cc1)C(=O)NCc1cccc(C(F)F)c1.